The van der Waals surface area contributed by atoms with Gasteiger partial charge in [-0.1, -0.05) is 13.8 Å². The van der Waals surface area contributed by atoms with Crippen molar-refractivity contribution in [2.75, 3.05) is 26.2 Å². The van der Waals surface area contributed by atoms with Crippen LogP contribution in [0.15, 0.2) is 0 Å². The Labute approximate surface area is 81.7 Å². The van der Waals surface area contributed by atoms with Gasteiger partial charge in [-0.2, -0.15) is 0 Å². The topological polar surface area (TPSA) is 15.3 Å². The lowest BCUT2D eigenvalue weighted by Crippen LogP contribution is -2.36. The van der Waals surface area contributed by atoms with Crippen molar-refractivity contribution >= 4 is 0 Å². The Kier molecular flexibility index (Phi) is 2.89. The highest BCUT2D eigenvalue weighted by atomic mass is 15.2. The largest absolute Gasteiger partial charge is 0.313 e. The minimum absolute atomic E-state index is 0.789. The fourth-order valence-electron chi connectivity index (χ4n) is 2.62. The Morgan fingerprint density at radius 2 is 1.92 bits per heavy atom. The average molecular weight is 182 g/mol. The molecule has 2 nitrogen and oxygen atoms in total. The molecule has 0 saturated carbocycles. The van der Waals surface area contributed by atoms with Gasteiger partial charge in [-0.3, -0.25) is 0 Å². The lowest BCUT2D eigenvalue weighted by molar-refractivity contribution is 0.291. The minimum Gasteiger partial charge on any atom is -0.313 e. The summed E-state index contributed by atoms with van der Waals surface area (Å²) in [6, 6.07) is 0.789. The van der Waals surface area contributed by atoms with Gasteiger partial charge in [0.15, 0.2) is 0 Å². The lowest BCUT2D eigenvalue weighted by Gasteiger charge is -2.20. The number of nitrogens with one attached hydrogen (secondary N) is 1. The smallest absolute Gasteiger partial charge is 0.0195 e. The van der Waals surface area contributed by atoms with Crippen LogP contribution in [0.25, 0.3) is 0 Å². The van der Waals surface area contributed by atoms with Crippen molar-refractivity contribution in [2.24, 2.45) is 11.8 Å². The lowest BCUT2D eigenvalue weighted by atomic mass is 10.0. The number of hydrogen-bond acceptors (Lipinski definition) is 2. The summed E-state index contributed by atoms with van der Waals surface area (Å²) in [6.45, 7) is 9.93. The van der Waals surface area contributed by atoms with Crippen LogP contribution >= 0.6 is 0 Å². The van der Waals surface area contributed by atoms with Gasteiger partial charge in [-0.15, -0.1) is 0 Å². The van der Waals surface area contributed by atoms with Crippen LogP contribution in [-0.2, 0) is 0 Å². The van der Waals surface area contributed by atoms with Crippen molar-refractivity contribution in [3.63, 3.8) is 0 Å². The molecule has 0 bridgehead atoms. The summed E-state index contributed by atoms with van der Waals surface area (Å²) in [6.07, 6.45) is 2.77. The summed E-state index contributed by atoms with van der Waals surface area (Å²) in [5.74, 6) is 1.81. The van der Waals surface area contributed by atoms with Crippen molar-refractivity contribution in [1.29, 1.82) is 0 Å². The van der Waals surface area contributed by atoms with Gasteiger partial charge in [0.2, 0.25) is 0 Å². The molecule has 0 radical (unpaired) electrons. The highest BCUT2D eigenvalue weighted by Crippen LogP contribution is 2.22. The molecule has 0 spiro atoms. The van der Waals surface area contributed by atoms with Crippen molar-refractivity contribution in [3.05, 3.63) is 0 Å². The highest BCUT2D eigenvalue weighted by molar-refractivity contribution is 4.84. The van der Waals surface area contributed by atoms with Crippen LogP contribution in [0.4, 0.5) is 0 Å². The molecular formula is C11H22N2. The highest BCUT2D eigenvalue weighted by Gasteiger charge is 2.28. The number of rotatable bonds is 2. The number of hydrogen-bond donors (Lipinski definition) is 1. The van der Waals surface area contributed by atoms with E-state index in [1.54, 1.807) is 0 Å². The maximum atomic E-state index is 3.57. The molecule has 2 aliphatic rings. The molecule has 0 aromatic heterocycles. The van der Waals surface area contributed by atoms with Crippen LogP contribution in [-0.4, -0.2) is 37.1 Å². The van der Waals surface area contributed by atoms with Gasteiger partial charge >= 0.3 is 0 Å². The zero-order chi connectivity index (χ0) is 9.26. The van der Waals surface area contributed by atoms with E-state index in [1.165, 1.54) is 39.0 Å². The maximum Gasteiger partial charge on any atom is 0.0195 e. The first-order valence-corrected chi connectivity index (χ1v) is 5.71. The van der Waals surface area contributed by atoms with Crippen LogP contribution in [0.1, 0.15) is 26.7 Å². The Balaban J connectivity index is 1.76. The van der Waals surface area contributed by atoms with E-state index in [0.29, 0.717) is 0 Å². The van der Waals surface area contributed by atoms with Crippen molar-refractivity contribution < 1.29 is 0 Å². The standard InChI is InChI=1S/C11H22N2/c1-9-6-13(7-10(9)2)8-11-4-3-5-12-11/h9-12H,3-8H2,1-2H3/t9?,10?,11-/m0/s1. The number of likely N-dealkylation sites (tertiary alicyclic amines) is 1. The first kappa shape index (κ1) is 9.47. The second-order valence-electron chi connectivity index (χ2n) is 4.97. The van der Waals surface area contributed by atoms with E-state index in [2.05, 4.69) is 24.1 Å². The average Bonchev–Trinajstić information content (AvgIpc) is 2.64. The molecule has 2 fully saturated rings. The van der Waals surface area contributed by atoms with Gasteiger partial charge in [-0.05, 0) is 31.2 Å². The monoisotopic (exact) mass is 182 g/mol. The van der Waals surface area contributed by atoms with Crippen LogP contribution in [0.5, 0.6) is 0 Å². The molecule has 0 aliphatic carbocycles. The summed E-state index contributed by atoms with van der Waals surface area (Å²) >= 11 is 0. The fraction of sp³-hybridized carbons (Fsp3) is 1.00. The predicted octanol–water partition coefficient (Wildman–Crippen LogP) is 1.33. The second kappa shape index (κ2) is 3.97. The third-order valence-corrected chi connectivity index (χ3v) is 3.70. The van der Waals surface area contributed by atoms with E-state index in [0.717, 1.165) is 17.9 Å². The van der Waals surface area contributed by atoms with Gasteiger partial charge in [0.1, 0.15) is 0 Å². The Bertz CT molecular complexity index is 153. The summed E-state index contributed by atoms with van der Waals surface area (Å²) in [4.78, 5) is 2.64. The predicted molar refractivity (Wildman–Crippen MR) is 55.8 cm³/mol. The summed E-state index contributed by atoms with van der Waals surface area (Å²) in [5.41, 5.74) is 0. The van der Waals surface area contributed by atoms with Crippen molar-refractivity contribution in [1.82, 2.24) is 10.2 Å². The SMILES string of the molecule is CC1CN(C[C@@H]2CCCN2)CC1C. The van der Waals surface area contributed by atoms with Gasteiger partial charge in [0, 0.05) is 25.7 Å². The molecule has 2 saturated heterocycles. The zero-order valence-electron chi connectivity index (χ0n) is 8.92. The third-order valence-electron chi connectivity index (χ3n) is 3.70. The molecule has 0 aromatic carbocycles. The first-order chi connectivity index (χ1) is 6.25. The molecule has 1 N–H and O–H groups in total. The molecule has 0 aromatic rings. The number of nitrogens with zero attached hydrogens (tertiary/aromatic N) is 1. The maximum absolute atomic E-state index is 3.57. The first-order valence-electron chi connectivity index (χ1n) is 5.71. The molecule has 13 heavy (non-hydrogen) atoms. The molecule has 3 atom stereocenters. The Hall–Kier alpha value is -0.0800. The second-order valence-corrected chi connectivity index (χ2v) is 4.97. The van der Waals surface area contributed by atoms with Gasteiger partial charge in [0.05, 0.1) is 0 Å². The van der Waals surface area contributed by atoms with Gasteiger partial charge < -0.3 is 10.2 Å². The molecular weight excluding hydrogens is 160 g/mol. The normalized spacial score (nSPS) is 41.5. The molecule has 2 unspecified atom stereocenters. The quantitative estimate of drug-likeness (QED) is 0.693. The zero-order valence-corrected chi connectivity index (χ0v) is 8.92. The van der Waals surface area contributed by atoms with E-state index in [-0.39, 0.29) is 0 Å². The van der Waals surface area contributed by atoms with Gasteiger partial charge in [-0.25, -0.2) is 0 Å². The minimum atomic E-state index is 0.789. The van der Waals surface area contributed by atoms with E-state index in [9.17, 15) is 0 Å². The summed E-state index contributed by atoms with van der Waals surface area (Å²) in [5, 5.41) is 3.57. The van der Waals surface area contributed by atoms with E-state index in [4.69, 9.17) is 0 Å². The molecule has 76 valence electrons. The third kappa shape index (κ3) is 2.23. The van der Waals surface area contributed by atoms with Crippen molar-refractivity contribution in [2.45, 2.75) is 32.7 Å². The van der Waals surface area contributed by atoms with Gasteiger partial charge in [0.25, 0.3) is 0 Å². The van der Waals surface area contributed by atoms with E-state index >= 15 is 0 Å². The van der Waals surface area contributed by atoms with Crippen LogP contribution in [0.2, 0.25) is 0 Å². The van der Waals surface area contributed by atoms with Crippen molar-refractivity contribution in [3.8, 4) is 0 Å². The Morgan fingerprint density at radius 3 is 2.46 bits per heavy atom. The molecule has 2 aliphatic heterocycles. The van der Waals surface area contributed by atoms with E-state index < -0.39 is 0 Å². The summed E-state index contributed by atoms with van der Waals surface area (Å²) in [7, 11) is 0. The molecule has 0 amide bonds. The fourth-order valence-corrected chi connectivity index (χ4v) is 2.62. The van der Waals surface area contributed by atoms with Crippen LogP contribution in [0.3, 0.4) is 0 Å². The van der Waals surface area contributed by atoms with E-state index in [1.807, 2.05) is 0 Å². The Morgan fingerprint density at radius 1 is 1.23 bits per heavy atom. The van der Waals surface area contributed by atoms with Crippen LogP contribution in [0, 0.1) is 11.8 Å². The summed E-state index contributed by atoms with van der Waals surface area (Å²) < 4.78 is 0. The molecule has 2 heterocycles. The molecule has 2 heteroatoms. The van der Waals surface area contributed by atoms with Crippen LogP contribution < -0.4 is 5.32 Å². The molecule has 2 rings (SSSR count).